The third-order valence-electron chi connectivity index (χ3n) is 4.66. The maximum Gasteiger partial charge on any atom is 0.234 e. The molecule has 1 fully saturated rings. The number of hydrogen-bond acceptors (Lipinski definition) is 5. The summed E-state index contributed by atoms with van der Waals surface area (Å²) in [4.78, 5) is 26.3. The van der Waals surface area contributed by atoms with Gasteiger partial charge in [0.15, 0.2) is 0 Å². The van der Waals surface area contributed by atoms with Crippen LogP contribution in [0.4, 0.5) is 5.69 Å². The second-order valence-electron chi connectivity index (χ2n) is 6.40. The number of anilines is 1. The van der Waals surface area contributed by atoms with E-state index >= 15 is 0 Å². The molecule has 26 heavy (non-hydrogen) atoms. The van der Waals surface area contributed by atoms with Gasteiger partial charge < -0.3 is 19.7 Å². The maximum atomic E-state index is 12.3. The number of benzene rings is 1. The van der Waals surface area contributed by atoms with Crippen LogP contribution in [0.5, 0.6) is 11.5 Å². The predicted molar refractivity (Wildman–Crippen MR) is 105 cm³/mol. The van der Waals surface area contributed by atoms with Crippen molar-refractivity contribution in [2.45, 2.75) is 38.1 Å². The molecule has 2 rings (SSSR count). The van der Waals surface area contributed by atoms with E-state index in [4.69, 9.17) is 9.47 Å². The van der Waals surface area contributed by atoms with Gasteiger partial charge in [0, 0.05) is 19.2 Å². The van der Waals surface area contributed by atoms with Crippen molar-refractivity contribution in [1.82, 2.24) is 4.90 Å². The topological polar surface area (TPSA) is 67.9 Å². The van der Waals surface area contributed by atoms with Gasteiger partial charge in [-0.2, -0.15) is 0 Å². The van der Waals surface area contributed by atoms with Gasteiger partial charge in [-0.05, 0) is 25.0 Å². The van der Waals surface area contributed by atoms with Gasteiger partial charge in [0.05, 0.1) is 31.4 Å². The molecule has 1 aliphatic carbocycles. The Balaban J connectivity index is 1.77. The summed E-state index contributed by atoms with van der Waals surface area (Å²) in [6.07, 6.45) is 5.83. The summed E-state index contributed by atoms with van der Waals surface area (Å²) in [5.74, 6) is 1.67. The van der Waals surface area contributed by atoms with Gasteiger partial charge >= 0.3 is 0 Å². The van der Waals surface area contributed by atoms with Gasteiger partial charge in [-0.1, -0.05) is 19.3 Å². The van der Waals surface area contributed by atoms with Crippen LogP contribution in [0.1, 0.15) is 32.1 Å². The molecule has 0 heterocycles. The average Bonchev–Trinajstić information content (AvgIpc) is 2.68. The molecule has 0 unspecified atom stereocenters. The van der Waals surface area contributed by atoms with Gasteiger partial charge in [0.2, 0.25) is 11.8 Å². The molecule has 7 heteroatoms. The van der Waals surface area contributed by atoms with Crippen LogP contribution in [0.25, 0.3) is 0 Å². The zero-order valence-electron chi connectivity index (χ0n) is 15.7. The molecule has 0 aromatic heterocycles. The molecule has 0 bridgehead atoms. The summed E-state index contributed by atoms with van der Waals surface area (Å²) in [5.41, 5.74) is 0.588. The summed E-state index contributed by atoms with van der Waals surface area (Å²) in [7, 11) is 4.99. The molecular weight excluding hydrogens is 352 g/mol. The third kappa shape index (κ3) is 5.83. The highest BCUT2D eigenvalue weighted by Crippen LogP contribution is 2.29. The van der Waals surface area contributed by atoms with Crippen molar-refractivity contribution in [2.24, 2.45) is 0 Å². The first-order valence-corrected chi connectivity index (χ1v) is 10.1. The number of hydrogen-bond donors (Lipinski definition) is 1. The Kier molecular flexibility index (Phi) is 8.09. The first-order valence-electron chi connectivity index (χ1n) is 8.90. The SMILES string of the molecule is COc1ccc(NC(=O)CSCC(=O)N(C)C2CCCCC2)c(OC)c1. The van der Waals surface area contributed by atoms with Crippen LogP contribution in [-0.4, -0.2) is 55.5 Å². The molecule has 1 aliphatic rings. The molecule has 144 valence electrons. The quantitative estimate of drug-likeness (QED) is 0.750. The van der Waals surface area contributed by atoms with Crippen molar-refractivity contribution in [3.8, 4) is 11.5 Å². The number of carbonyl (C=O) groups is 2. The van der Waals surface area contributed by atoms with E-state index in [1.54, 1.807) is 32.4 Å². The minimum absolute atomic E-state index is 0.0942. The second kappa shape index (κ2) is 10.3. The minimum Gasteiger partial charge on any atom is -0.497 e. The highest BCUT2D eigenvalue weighted by molar-refractivity contribution is 8.00. The number of nitrogens with one attached hydrogen (secondary N) is 1. The Morgan fingerprint density at radius 2 is 1.88 bits per heavy atom. The standard InChI is InChI=1S/C19H28N2O4S/c1-21(14-7-5-4-6-8-14)19(23)13-26-12-18(22)20-16-10-9-15(24-2)11-17(16)25-3/h9-11,14H,4-8,12-13H2,1-3H3,(H,20,22). The van der Waals surface area contributed by atoms with E-state index in [0.717, 1.165) is 12.8 Å². The monoisotopic (exact) mass is 380 g/mol. The molecule has 1 aromatic carbocycles. The number of nitrogens with zero attached hydrogens (tertiary/aromatic N) is 1. The second-order valence-corrected chi connectivity index (χ2v) is 7.39. The highest BCUT2D eigenvalue weighted by atomic mass is 32.2. The molecule has 0 aliphatic heterocycles. The van der Waals surface area contributed by atoms with E-state index < -0.39 is 0 Å². The minimum atomic E-state index is -0.161. The molecule has 1 saturated carbocycles. The number of carbonyl (C=O) groups excluding carboxylic acids is 2. The lowest BCUT2D eigenvalue weighted by molar-refractivity contribution is -0.129. The van der Waals surface area contributed by atoms with Crippen LogP contribution in [-0.2, 0) is 9.59 Å². The summed E-state index contributed by atoms with van der Waals surface area (Å²) in [5, 5.41) is 2.81. The van der Waals surface area contributed by atoms with Crippen LogP contribution < -0.4 is 14.8 Å². The van der Waals surface area contributed by atoms with Gasteiger partial charge in [-0.25, -0.2) is 0 Å². The fourth-order valence-corrected chi connectivity index (χ4v) is 3.83. The molecule has 6 nitrogen and oxygen atoms in total. The molecule has 2 amide bonds. The van der Waals surface area contributed by atoms with Gasteiger partial charge in [0.1, 0.15) is 11.5 Å². The summed E-state index contributed by atoms with van der Waals surface area (Å²) >= 11 is 1.33. The molecule has 0 radical (unpaired) electrons. The van der Waals surface area contributed by atoms with Crippen LogP contribution in [0.3, 0.4) is 0 Å². The normalized spacial score (nSPS) is 14.6. The Hall–Kier alpha value is -1.89. The Morgan fingerprint density at radius 3 is 2.54 bits per heavy atom. The lowest BCUT2D eigenvalue weighted by Gasteiger charge is -2.31. The highest BCUT2D eigenvalue weighted by Gasteiger charge is 2.22. The number of ether oxygens (including phenoxy) is 2. The molecule has 1 N–H and O–H groups in total. The zero-order valence-corrected chi connectivity index (χ0v) is 16.6. The fraction of sp³-hybridized carbons (Fsp3) is 0.579. The summed E-state index contributed by atoms with van der Waals surface area (Å²) in [6, 6.07) is 5.57. The summed E-state index contributed by atoms with van der Waals surface area (Å²) < 4.78 is 10.4. The first kappa shape index (κ1) is 20.4. The van der Waals surface area contributed by atoms with Crippen molar-refractivity contribution in [2.75, 3.05) is 38.1 Å². The van der Waals surface area contributed by atoms with Gasteiger partial charge in [-0.3, -0.25) is 9.59 Å². The van der Waals surface area contributed by atoms with Crippen LogP contribution in [0.15, 0.2) is 18.2 Å². The predicted octanol–water partition coefficient (Wildman–Crippen LogP) is 3.17. The maximum absolute atomic E-state index is 12.3. The van der Waals surface area contributed by atoms with E-state index in [0.29, 0.717) is 29.0 Å². The first-order chi connectivity index (χ1) is 12.5. The Labute approximate surface area is 159 Å². The van der Waals surface area contributed by atoms with E-state index in [2.05, 4.69) is 5.32 Å². The van der Waals surface area contributed by atoms with Gasteiger partial charge in [-0.15, -0.1) is 11.8 Å². The number of amides is 2. The average molecular weight is 381 g/mol. The summed E-state index contributed by atoms with van der Waals surface area (Å²) in [6.45, 7) is 0. The van der Waals surface area contributed by atoms with Crippen LogP contribution in [0, 0.1) is 0 Å². The van der Waals surface area contributed by atoms with E-state index in [1.807, 2.05) is 11.9 Å². The Morgan fingerprint density at radius 1 is 1.15 bits per heavy atom. The fourth-order valence-electron chi connectivity index (χ4n) is 3.09. The number of rotatable bonds is 8. The Bertz CT molecular complexity index is 618. The van der Waals surface area contributed by atoms with E-state index in [1.165, 1.54) is 31.0 Å². The van der Waals surface area contributed by atoms with Crippen LogP contribution >= 0.6 is 11.8 Å². The van der Waals surface area contributed by atoms with Gasteiger partial charge in [0.25, 0.3) is 0 Å². The van der Waals surface area contributed by atoms with Crippen molar-refractivity contribution >= 4 is 29.3 Å². The molecule has 0 saturated heterocycles. The number of methoxy groups -OCH3 is 2. The zero-order chi connectivity index (χ0) is 18.9. The van der Waals surface area contributed by atoms with Crippen molar-refractivity contribution < 1.29 is 19.1 Å². The molecule has 0 spiro atoms. The van der Waals surface area contributed by atoms with Crippen molar-refractivity contribution in [1.29, 1.82) is 0 Å². The van der Waals surface area contributed by atoms with Crippen molar-refractivity contribution in [3.63, 3.8) is 0 Å². The largest absolute Gasteiger partial charge is 0.497 e. The smallest absolute Gasteiger partial charge is 0.234 e. The van der Waals surface area contributed by atoms with Crippen LogP contribution in [0.2, 0.25) is 0 Å². The third-order valence-corrected chi connectivity index (χ3v) is 5.57. The molecular formula is C19H28N2O4S. The lowest BCUT2D eigenvalue weighted by Crippen LogP contribution is -2.39. The van der Waals surface area contributed by atoms with E-state index in [-0.39, 0.29) is 17.6 Å². The molecule has 1 aromatic rings. The number of thioether (sulfide) groups is 1. The van der Waals surface area contributed by atoms with Crippen molar-refractivity contribution in [3.05, 3.63) is 18.2 Å². The molecule has 0 atom stereocenters. The lowest BCUT2D eigenvalue weighted by atomic mass is 9.94. The van der Waals surface area contributed by atoms with E-state index in [9.17, 15) is 9.59 Å².